The summed E-state index contributed by atoms with van der Waals surface area (Å²) in [5.74, 6) is -2.16. The largest absolute Gasteiger partial charge is 0.508 e. The van der Waals surface area contributed by atoms with Crippen molar-refractivity contribution >= 4 is 35.5 Å². The van der Waals surface area contributed by atoms with E-state index in [0.717, 1.165) is 18.5 Å². The minimum Gasteiger partial charge on any atom is -0.508 e. The number of thioether (sulfide) groups is 1. The van der Waals surface area contributed by atoms with Gasteiger partial charge in [0.25, 0.3) is 0 Å². The molecule has 11 heteroatoms. The van der Waals surface area contributed by atoms with Gasteiger partial charge in [-0.3, -0.25) is 14.4 Å². The van der Waals surface area contributed by atoms with E-state index in [2.05, 4.69) is 21.3 Å². The van der Waals surface area contributed by atoms with Crippen LogP contribution in [-0.2, 0) is 25.6 Å². The zero-order valence-electron chi connectivity index (χ0n) is 21.1. The Morgan fingerprint density at radius 3 is 2.33 bits per heavy atom. The van der Waals surface area contributed by atoms with Gasteiger partial charge < -0.3 is 31.5 Å². The minimum absolute atomic E-state index is 0.0851. The van der Waals surface area contributed by atoms with Crippen LogP contribution in [0.15, 0.2) is 24.3 Å². The molecular formula is C25H38N4O6S. The summed E-state index contributed by atoms with van der Waals surface area (Å²) in [5, 5.41) is 30.3. The van der Waals surface area contributed by atoms with Crippen LogP contribution < -0.4 is 21.3 Å². The minimum atomic E-state index is -1.13. The van der Waals surface area contributed by atoms with Crippen molar-refractivity contribution in [2.24, 2.45) is 5.92 Å². The maximum atomic E-state index is 13.4. The summed E-state index contributed by atoms with van der Waals surface area (Å²) in [4.78, 5) is 50.9. The van der Waals surface area contributed by atoms with Gasteiger partial charge >= 0.3 is 5.97 Å². The van der Waals surface area contributed by atoms with E-state index in [4.69, 9.17) is 0 Å². The molecule has 1 saturated heterocycles. The predicted molar refractivity (Wildman–Crippen MR) is 139 cm³/mol. The molecule has 1 aliphatic rings. The Morgan fingerprint density at radius 1 is 1.08 bits per heavy atom. The van der Waals surface area contributed by atoms with Gasteiger partial charge in [-0.2, -0.15) is 11.8 Å². The molecule has 1 fully saturated rings. The van der Waals surface area contributed by atoms with Crippen molar-refractivity contribution in [3.8, 4) is 5.75 Å². The summed E-state index contributed by atoms with van der Waals surface area (Å²) in [6.07, 6.45) is 4.38. The molecule has 36 heavy (non-hydrogen) atoms. The van der Waals surface area contributed by atoms with Crippen LogP contribution in [0.5, 0.6) is 5.75 Å². The van der Waals surface area contributed by atoms with Gasteiger partial charge in [-0.1, -0.05) is 32.4 Å². The third-order valence-electron chi connectivity index (χ3n) is 6.40. The summed E-state index contributed by atoms with van der Waals surface area (Å²) < 4.78 is 0. The maximum absolute atomic E-state index is 13.4. The number of benzene rings is 1. The second-order valence-corrected chi connectivity index (χ2v) is 10.1. The molecule has 0 bridgehead atoms. The Bertz CT molecular complexity index is 891. The number of hydrogen-bond acceptors (Lipinski definition) is 7. The smallest absolute Gasteiger partial charge is 0.326 e. The van der Waals surface area contributed by atoms with Crippen molar-refractivity contribution in [2.45, 2.75) is 70.1 Å². The number of aliphatic carboxylic acids is 1. The van der Waals surface area contributed by atoms with Gasteiger partial charge in [0.2, 0.25) is 17.7 Å². The molecule has 6 N–H and O–H groups in total. The van der Waals surface area contributed by atoms with E-state index in [1.165, 1.54) is 23.9 Å². The molecule has 1 aliphatic heterocycles. The highest BCUT2D eigenvalue weighted by Crippen LogP contribution is 2.14. The highest BCUT2D eigenvalue weighted by molar-refractivity contribution is 7.98. The lowest BCUT2D eigenvalue weighted by atomic mass is 9.96. The standard InChI is InChI=1S/C25H38N4O6S/c1-4-15(2)21(24(33)27-19(25(34)35)11-13-36-3)29-23(32)20(14-16-7-9-17(30)10-8-16)28-22(31)18-6-5-12-26-18/h7-10,15,18-21,26,30H,4-6,11-14H2,1-3H3,(H,27,33)(H,28,31)(H,29,32)(H,34,35). The average molecular weight is 523 g/mol. The molecular weight excluding hydrogens is 484 g/mol. The fourth-order valence-corrected chi connectivity index (χ4v) is 4.44. The first-order chi connectivity index (χ1) is 17.2. The van der Waals surface area contributed by atoms with Crippen molar-refractivity contribution < 1.29 is 29.4 Å². The molecule has 1 heterocycles. The topological polar surface area (TPSA) is 157 Å². The van der Waals surface area contributed by atoms with Crippen LogP contribution in [0, 0.1) is 5.92 Å². The fourth-order valence-electron chi connectivity index (χ4n) is 3.97. The van der Waals surface area contributed by atoms with E-state index in [1.807, 2.05) is 13.2 Å². The predicted octanol–water partition coefficient (Wildman–Crippen LogP) is 1.02. The van der Waals surface area contributed by atoms with E-state index in [1.54, 1.807) is 19.1 Å². The molecule has 3 amide bonds. The Balaban J connectivity index is 2.20. The quantitative estimate of drug-likeness (QED) is 0.211. The van der Waals surface area contributed by atoms with E-state index in [9.17, 15) is 29.4 Å². The lowest BCUT2D eigenvalue weighted by Crippen LogP contribution is -2.59. The first-order valence-electron chi connectivity index (χ1n) is 12.3. The summed E-state index contributed by atoms with van der Waals surface area (Å²) >= 11 is 1.48. The second kappa shape index (κ2) is 14.7. The van der Waals surface area contributed by atoms with Gasteiger partial charge in [-0.25, -0.2) is 4.79 Å². The lowest BCUT2D eigenvalue weighted by molar-refractivity contribution is -0.142. The average Bonchev–Trinajstić information content (AvgIpc) is 3.40. The Kier molecular flexibility index (Phi) is 12.0. The molecule has 5 unspecified atom stereocenters. The second-order valence-electron chi connectivity index (χ2n) is 9.13. The SMILES string of the molecule is CCC(C)C(NC(=O)C(Cc1ccc(O)cc1)NC(=O)C1CCCN1)C(=O)NC(CCSC)C(=O)O. The molecule has 0 radical (unpaired) electrons. The Labute approximate surface area is 216 Å². The summed E-state index contributed by atoms with van der Waals surface area (Å²) in [5.41, 5.74) is 0.722. The summed E-state index contributed by atoms with van der Waals surface area (Å²) in [6.45, 7) is 4.41. The normalized spacial score (nSPS) is 18.5. The molecule has 0 aromatic heterocycles. The zero-order valence-corrected chi connectivity index (χ0v) is 21.9. The molecule has 1 aromatic carbocycles. The lowest BCUT2D eigenvalue weighted by Gasteiger charge is -2.28. The molecule has 10 nitrogen and oxygen atoms in total. The number of rotatable bonds is 14. The van der Waals surface area contributed by atoms with Gasteiger partial charge in [0.1, 0.15) is 23.9 Å². The molecule has 5 atom stereocenters. The summed E-state index contributed by atoms with van der Waals surface area (Å²) in [6, 6.07) is 2.95. The number of phenolic OH excluding ortho intramolecular Hbond substituents is 1. The van der Waals surface area contributed by atoms with Crippen LogP contribution in [0.1, 0.15) is 45.1 Å². The van der Waals surface area contributed by atoms with Gasteiger partial charge in [-0.05, 0) is 61.4 Å². The first-order valence-corrected chi connectivity index (χ1v) is 13.7. The maximum Gasteiger partial charge on any atom is 0.326 e. The fraction of sp³-hybridized carbons (Fsp3) is 0.600. The number of carboxylic acid groups (broad SMARTS) is 1. The van der Waals surface area contributed by atoms with Crippen LogP contribution in [0.2, 0.25) is 0 Å². The number of hydrogen-bond donors (Lipinski definition) is 6. The monoisotopic (exact) mass is 522 g/mol. The third kappa shape index (κ3) is 9.02. The van der Waals surface area contributed by atoms with Crippen LogP contribution >= 0.6 is 11.8 Å². The van der Waals surface area contributed by atoms with E-state index in [-0.39, 0.29) is 36.5 Å². The van der Waals surface area contributed by atoms with Crippen LogP contribution in [-0.4, -0.2) is 76.6 Å². The molecule has 0 aliphatic carbocycles. The van der Waals surface area contributed by atoms with Crippen molar-refractivity contribution in [3.63, 3.8) is 0 Å². The summed E-state index contributed by atoms with van der Waals surface area (Å²) in [7, 11) is 0. The first kappa shape index (κ1) is 29.4. The van der Waals surface area contributed by atoms with E-state index >= 15 is 0 Å². The van der Waals surface area contributed by atoms with Crippen molar-refractivity contribution in [1.29, 1.82) is 0 Å². The number of carbonyl (C=O) groups excluding carboxylic acids is 3. The van der Waals surface area contributed by atoms with Gasteiger partial charge in [0.15, 0.2) is 0 Å². The van der Waals surface area contributed by atoms with Gasteiger partial charge in [0.05, 0.1) is 6.04 Å². The molecule has 0 saturated carbocycles. The van der Waals surface area contributed by atoms with E-state index in [0.29, 0.717) is 18.6 Å². The molecule has 2 rings (SSSR count). The number of carbonyl (C=O) groups is 4. The number of nitrogens with one attached hydrogen (secondary N) is 4. The highest BCUT2D eigenvalue weighted by atomic mass is 32.2. The van der Waals surface area contributed by atoms with Gasteiger partial charge in [0, 0.05) is 6.42 Å². The number of aromatic hydroxyl groups is 1. The van der Waals surface area contributed by atoms with Crippen molar-refractivity contribution in [2.75, 3.05) is 18.6 Å². The Hall–Kier alpha value is -2.79. The van der Waals surface area contributed by atoms with Gasteiger partial charge in [-0.15, -0.1) is 0 Å². The van der Waals surface area contributed by atoms with Crippen molar-refractivity contribution in [3.05, 3.63) is 29.8 Å². The molecule has 1 aromatic rings. The zero-order chi connectivity index (χ0) is 26.7. The third-order valence-corrected chi connectivity index (χ3v) is 7.05. The number of amides is 3. The van der Waals surface area contributed by atoms with Crippen LogP contribution in [0.25, 0.3) is 0 Å². The van der Waals surface area contributed by atoms with Crippen LogP contribution in [0.4, 0.5) is 0 Å². The number of carboxylic acids is 1. The molecule has 0 spiro atoms. The number of phenols is 1. The highest BCUT2D eigenvalue weighted by Gasteiger charge is 2.33. The molecule has 200 valence electrons. The van der Waals surface area contributed by atoms with Crippen LogP contribution in [0.3, 0.4) is 0 Å². The van der Waals surface area contributed by atoms with Crippen molar-refractivity contribution in [1.82, 2.24) is 21.3 Å². The Morgan fingerprint density at radius 2 is 1.78 bits per heavy atom. The van der Waals surface area contributed by atoms with E-state index < -0.39 is 35.9 Å².